The van der Waals surface area contributed by atoms with Crippen LogP contribution in [0.15, 0.2) is 16.6 Å². The zero-order valence-corrected chi connectivity index (χ0v) is 9.03. The molecule has 0 spiro atoms. The maximum atomic E-state index is 12.7. The van der Waals surface area contributed by atoms with Crippen LogP contribution in [0, 0.1) is 16.3 Å². The minimum absolute atomic E-state index is 0.146. The van der Waals surface area contributed by atoms with Crippen LogP contribution in [0.25, 0.3) is 0 Å². The number of aryl methyl sites for hydroxylation is 1. The fourth-order valence-corrected chi connectivity index (χ4v) is 1.51. The molecule has 1 rings (SSSR count). The molecular formula is C7H5BrFI. The first-order valence-corrected chi connectivity index (χ1v) is 4.59. The molecule has 0 amide bonds. The van der Waals surface area contributed by atoms with E-state index in [0.29, 0.717) is 5.56 Å². The van der Waals surface area contributed by atoms with Crippen molar-refractivity contribution in [1.82, 2.24) is 0 Å². The molecule has 3 heteroatoms. The minimum Gasteiger partial charge on any atom is -0.207 e. The van der Waals surface area contributed by atoms with Crippen molar-refractivity contribution in [3.63, 3.8) is 0 Å². The lowest BCUT2D eigenvalue weighted by molar-refractivity contribution is 0.617. The fourth-order valence-electron chi connectivity index (χ4n) is 0.622. The van der Waals surface area contributed by atoms with E-state index in [4.69, 9.17) is 0 Å². The van der Waals surface area contributed by atoms with Gasteiger partial charge in [-0.05, 0) is 63.1 Å². The molecule has 1 aromatic rings. The molecule has 0 N–H and O–H groups in total. The lowest BCUT2D eigenvalue weighted by Crippen LogP contribution is -1.84. The van der Waals surface area contributed by atoms with Crippen molar-refractivity contribution in [2.75, 3.05) is 0 Å². The number of rotatable bonds is 0. The SMILES string of the molecule is Cc1cc(Br)c(I)cc1F. The normalized spacial score (nSPS) is 10.0. The van der Waals surface area contributed by atoms with Crippen molar-refractivity contribution in [1.29, 1.82) is 0 Å². The molecule has 1 aromatic carbocycles. The first-order valence-electron chi connectivity index (χ1n) is 2.72. The molecule has 0 saturated carbocycles. The molecule has 0 atom stereocenters. The summed E-state index contributed by atoms with van der Waals surface area (Å²) in [6, 6.07) is 3.29. The predicted molar refractivity (Wildman–Crippen MR) is 51.6 cm³/mol. The Kier molecular flexibility index (Phi) is 2.68. The third-order valence-electron chi connectivity index (χ3n) is 1.20. The molecule has 0 fully saturated rings. The first kappa shape index (κ1) is 8.46. The Labute approximate surface area is 81.1 Å². The maximum Gasteiger partial charge on any atom is 0.127 e. The summed E-state index contributed by atoms with van der Waals surface area (Å²) >= 11 is 5.39. The molecule has 0 aromatic heterocycles. The van der Waals surface area contributed by atoms with E-state index in [1.807, 2.05) is 0 Å². The van der Waals surface area contributed by atoms with Gasteiger partial charge in [0.05, 0.1) is 0 Å². The van der Waals surface area contributed by atoms with Crippen molar-refractivity contribution in [2.24, 2.45) is 0 Å². The molecule has 0 aliphatic heterocycles. The Hall–Kier alpha value is 0.360. The van der Waals surface area contributed by atoms with Crippen LogP contribution in [-0.4, -0.2) is 0 Å². The third-order valence-corrected chi connectivity index (χ3v) is 3.49. The Morgan fingerprint density at radius 3 is 2.60 bits per heavy atom. The van der Waals surface area contributed by atoms with E-state index >= 15 is 0 Å². The number of benzene rings is 1. The van der Waals surface area contributed by atoms with Crippen LogP contribution in [-0.2, 0) is 0 Å². The Morgan fingerprint density at radius 1 is 1.50 bits per heavy atom. The second kappa shape index (κ2) is 3.17. The molecule has 0 aliphatic carbocycles. The van der Waals surface area contributed by atoms with Gasteiger partial charge in [0.15, 0.2) is 0 Å². The van der Waals surface area contributed by atoms with Gasteiger partial charge in [0.25, 0.3) is 0 Å². The largest absolute Gasteiger partial charge is 0.207 e. The molecule has 0 aliphatic rings. The van der Waals surface area contributed by atoms with Crippen molar-refractivity contribution in [3.05, 3.63) is 31.6 Å². The lowest BCUT2D eigenvalue weighted by atomic mass is 10.2. The minimum atomic E-state index is -0.146. The molecule has 0 radical (unpaired) electrons. The summed E-state index contributed by atoms with van der Waals surface area (Å²) in [6.45, 7) is 1.75. The highest BCUT2D eigenvalue weighted by Gasteiger charge is 2.01. The molecule has 0 unspecified atom stereocenters. The smallest absolute Gasteiger partial charge is 0.127 e. The topological polar surface area (TPSA) is 0 Å². The Morgan fingerprint density at radius 2 is 2.10 bits per heavy atom. The van der Waals surface area contributed by atoms with E-state index in [2.05, 4.69) is 38.5 Å². The van der Waals surface area contributed by atoms with Crippen LogP contribution < -0.4 is 0 Å². The van der Waals surface area contributed by atoms with Gasteiger partial charge in [-0.1, -0.05) is 0 Å². The maximum absolute atomic E-state index is 12.7. The zero-order chi connectivity index (χ0) is 7.72. The highest BCUT2D eigenvalue weighted by molar-refractivity contribution is 14.1. The van der Waals surface area contributed by atoms with Crippen LogP contribution >= 0.6 is 38.5 Å². The van der Waals surface area contributed by atoms with Crippen molar-refractivity contribution >= 4 is 38.5 Å². The summed E-state index contributed by atoms with van der Waals surface area (Å²) < 4.78 is 14.6. The van der Waals surface area contributed by atoms with Gasteiger partial charge in [-0.25, -0.2) is 4.39 Å². The number of hydrogen-bond donors (Lipinski definition) is 0. The number of halogens is 3. The lowest BCUT2D eigenvalue weighted by Gasteiger charge is -1.98. The summed E-state index contributed by atoms with van der Waals surface area (Å²) in [4.78, 5) is 0. The molecule has 0 saturated heterocycles. The summed E-state index contributed by atoms with van der Waals surface area (Å²) in [5.41, 5.74) is 0.673. The monoisotopic (exact) mass is 314 g/mol. The highest BCUT2D eigenvalue weighted by Crippen LogP contribution is 2.21. The third kappa shape index (κ3) is 1.69. The van der Waals surface area contributed by atoms with Crippen LogP contribution in [0.1, 0.15) is 5.56 Å². The second-order valence-electron chi connectivity index (χ2n) is 2.02. The Balaban J connectivity index is 3.28. The van der Waals surface area contributed by atoms with Crippen LogP contribution in [0.2, 0.25) is 0 Å². The molecule has 54 valence electrons. The van der Waals surface area contributed by atoms with Gasteiger partial charge in [-0.2, -0.15) is 0 Å². The van der Waals surface area contributed by atoms with Gasteiger partial charge in [0.1, 0.15) is 5.82 Å². The molecular weight excluding hydrogens is 310 g/mol. The fraction of sp³-hybridized carbons (Fsp3) is 0.143. The van der Waals surface area contributed by atoms with Gasteiger partial charge in [0.2, 0.25) is 0 Å². The Bertz CT molecular complexity index is 210. The van der Waals surface area contributed by atoms with Gasteiger partial charge in [0, 0.05) is 8.04 Å². The van der Waals surface area contributed by atoms with Gasteiger partial charge < -0.3 is 0 Å². The quantitative estimate of drug-likeness (QED) is 0.508. The summed E-state index contributed by atoms with van der Waals surface area (Å²) in [5.74, 6) is -0.146. The van der Waals surface area contributed by atoms with E-state index in [-0.39, 0.29) is 5.82 Å². The molecule has 0 heterocycles. The van der Waals surface area contributed by atoms with Gasteiger partial charge >= 0.3 is 0 Å². The summed E-state index contributed by atoms with van der Waals surface area (Å²) in [7, 11) is 0. The highest BCUT2D eigenvalue weighted by atomic mass is 127. The average molecular weight is 315 g/mol. The van der Waals surface area contributed by atoms with Crippen LogP contribution in [0.4, 0.5) is 4.39 Å². The first-order chi connectivity index (χ1) is 4.61. The van der Waals surface area contributed by atoms with Crippen molar-refractivity contribution in [2.45, 2.75) is 6.92 Å². The second-order valence-corrected chi connectivity index (χ2v) is 4.03. The van der Waals surface area contributed by atoms with E-state index in [1.54, 1.807) is 13.0 Å². The van der Waals surface area contributed by atoms with Crippen molar-refractivity contribution < 1.29 is 4.39 Å². The van der Waals surface area contributed by atoms with Crippen LogP contribution in [0.5, 0.6) is 0 Å². The molecule has 0 bridgehead atoms. The zero-order valence-electron chi connectivity index (χ0n) is 5.29. The molecule has 0 nitrogen and oxygen atoms in total. The van der Waals surface area contributed by atoms with Crippen molar-refractivity contribution in [3.8, 4) is 0 Å². The number of hydrogen-bond acceptors (Lipinski definition) is 0. The summed E-state index contributed by atoms with van der Waals surface area (Å²) in [5, 5.41) is 0. The van der Waals surface area contributed by atoms with E-state index in [9.17, 15) is 4.39 Å². The van der Waals surface area contributed by atoms with E-state index in [0.717, 1.165) is 8.04 Å². The average Bonchev–Trinajstić information content (AvgIpc) is 1.84. The van der Waals surface area contributed by atoms with E-state index in [1.165, 1.54) is 6.07 Å². The molecule has 10 heavy (non-hydrogen) atoms. The van der Waals surface area contributed by atoms with Gasteiger partial charge in [-0.3, -0.25) is 0 Å². The van der Waals surface area contributed by atoms with E-state index < -0.39 is 0 Å². The van der Waals surface area contributed by atoms with Gasteiger partial charge in [-0.15, -0.1) is 0 Å². The summed E-state index contributed by atoms with van der Waals surface area (Å²) in [6.07, 6.45) is 0. The standard InChI is InChI=1S/C7H5BrFI/c1-4-2-5(8)7(10)3-6(4)9/h2-3H,1H3. The predicted octanol–water partition coefficient (Wildman–Crippen LogP) is 3.50. The van der Waals surface area contributed by atoms with Crippen LogP contribution in [0.3, 0.4) is 0 Å².